The predicted octanol–water partition coefficient (Wildman–Crippen LogP) is 6.86. The average Bonchev–Trinajstić information content (AvgIpc) is 2.79. The number of hydrogen-bond donors (Lipinski definition) is 2. The second-order valence-corrected chi connectivity index (χ2v) is 9.12. The second-order valence-electron chi connectivity index (χ2n) is 7.27. The number of hydrogen-bond acceptors (Lipinski definition) is 3. The van der Waals surface area contributed by atoms with Crippen LogP contribution in [0.4, 0.5) is 11.4 Å². The van der Waals surface area contributed by atoms with E-state index >= 15 is 0 Å². The first-order valence-electron chi connectivity index (χ1n) is 10.1. The lowest BCUT2D eigenvalue weighted by Gasteiger charge is -2.14. The van der Waals surface area contributed by atoms with Gasteiger partial charge in [-0.05, 0) is 54.8 Å². The van der Waals surface area contributed by atoms with Crippen LogP contribution in [0.15, 0.2) is 95.9 Å². The van der Waals surface area contributed by atoms with Gasteiger partial charge in [0, 0.05) is 32.2 Å². The third-order valence-electron chi connectivity index (χ3n) is 4.91. The Labute approximate surface area is 196 Å². The molecule has 4 nitrogen and oxygen atoms in total. The number of amides is 2. The number of anilines is 2. The molecule has 0 radical (unpaired) electrons. The van der Waals surface area contributed by atoms with Crippen LogP contribution in [0.3, 0.4) is 0 Å². The van der Waals surface area contributed by atoms with Gasteiger partial charge in [0.15, 0.2) is 0 Å². The van der Waals surface area contributed by atoms with Crippen LogP contribution in [0, 0.1) is 0 Å². The number of rotatable bonds is 6. The lowest BCUT2D eigenvalue weighted by atomic mass is 10.1. The molecule has 0 aliphatic rings. The molecule has 0 heterocycles. The molecule has 0 saturated carbocycles. The molecule has 0 fully saturated rings. The van der Waals surface area contributed by atoms with Crippen molar-refractivity contribution in [3.8, 4) is 0 Å². The molecule has 6 heteroatoms. The van der Waals surface area contributed by atoms with Gasteiger partial charge in [-0.1, -0.05) is 60.1 Å². The number of carbonyl (C=O) groups excluding carboxylic acids is 2. The van der Waals surface area contributed by atoms with Gasteiger partial charge in [0.1, 0.15) is 0 Å². The molecule has 0 bridgehead atoms. The fraction of sp³-hybridized carbons (Fsp3) is 0.0769. The molecule has 1 unspecified atom stereocenters. The summed E-state index contributed by atoms with van der Waals surface area (Å²) in [5.74, 6) is -0.323. The normalized spacial score (nSPS) is 11.7. The van der Waals surface area contributed by atoms with Crippen molar-refractivity contribution in [3.63, 3.8) is 0 Å². The van der Waals surface area contributed by atoms with Crippen LogP contribution >= 0.6 is 23.4 Å². The maximum absolute atomic E-state index is 12.8. The molecule has 0 aromatic heterocycles. The van der Waals surface area contributed by atoms with Gasteiger partial charge in [-0.3, -0.25) is 9.59 Å². The Hall–Kier alpha value is -3.28. The van der Waals surface area contributed by atoms with Crippen molar-refractivity contribution in [3.05, 3.63) is 102 Å². The number of benzene rings is 4. The summed E-state index contributed by atoms with van der Waals surface area (Å²) in [5, 5.41) is 8.18. The number of fused-ring (bicyclic) bond motifs is 1. The summed E-state index contributed by atoms with van der Waals surface area (Å²) in [5.41, 5.74) is 1.93. The zero-order chi connectivity index (χ0) is 22.5. The zero-order valence-corrected chi connectivity index (χ0v) is 18.9. The lowest BCUT2D eigenvalue weighted by molar-refractivity contribution is -0.115. The van der Waals surface area contributed by atoms with Gasteiger partial charge >= 0.3 is 0 Å². The van der Waals surface area contributed by atoms with E-state index in [0.29, 0.717) is 16.3 Å². The predicted molar refractivity (Wildman–Crippen MR) is 134 cm³/mol. The van der Waals surface area contributed by atoms with E-state index in [0.717, 1.165) is 21.4 Å². The van der Waals surface area contributed by atoms with Gasteiger partial charge in [-0.15, -0.1) is 11.8 Å². The summed E-state index contributed by atoms with van der Waals surface area (Å²) in [6.07, 6.45) is 0. The molecule has 2 amide bonds. The van der Waals surface area contributed by atoms with Crippen molar-refractivity contribution in [1.29, 1.82) is 0 Å². The Balaban J connectivity index is 1.42. The topological polar surface area (TPSA) is 58.2 Å². The molecule has 1 atom stereocenters. The van der Waals surface area contributed by atoms with Gasteiger partial charge in [0.2, 0.25) is 5.91 Å². The highest BCUT2D eigenvalue weighted by molar-refractivity contribution is 8.00. The summed E-state index contributed by atoms with van der Waals surface area (Å²) >= 11 is 7.40. The summed E-state index contributed by atoms with van der Waals surface area (Å²) in [6, 6.07) is 28.0. The van der Waals surface area contributed by atoms with Crippen molar-refractivity contribution in [2.45, 2.75) is 17.1 Å². The van der Waals surface area contributed by atoms with E-state index in [1.807, 2.05) is 73.7 Å². The largest absolute Gasteiger partial charge is 0.325 e. The number of nitrogens with one attached hydrogen (secondary N) is 2. The molecule has 0 saturated heterocycles. The zero-order valence-electron chi connectivity index (χ0n) is 17.3. The smallest absolute Gasteiger partial charge is 0.255 e. The fourth-order valence-electron chi connectivity index (χ4n) is 3.31. The van der Waals surface area contributed by atoms with Gasteiger partial charge in [0.05, 0.1) is 5.25 Å². The Morgan fingerprint density at radius 2 is 1.59 bits per heavy atom. The average molecular weight is 461 g/mol. The summed E-state index contributed by atoms with van der Waals surface area (Å²) in [6.45, 7) is 1.86. The minimum Gasteiger partial charge on any atom is -0.325 e. The summed E-state index contributed by atoms with van der Waals surface area (Å²) < 4.78 is 0. The van der Waals surface area contributed by atoms with Crippen LogP contribution in [-0.4, -0.2) is 17.1 Å². The Kier molecular flexibility index (Phi) is 6.78. The molecular weight excluding hydrogens is 440 g/mol. The first-order chi connectivity index (χ1) is 15.5. The minimum absolute atomic E-state index is 0.0836. The lowest BCUT2D eigenvalue weighted by Crippen LogP contribution is -2.22. The van der Waals surface area contributed by atoms with Crippen molar-refractivity contribution in [2.75, 3.05) is 10.6 Å². The van der Waals surface area contributed by atoms with E-state index in [2.05, 4.69) is 10.6 Å². The molecule has 160 valence electrons. The van der Waals surface area contributed by atoms with E-state index in [1.54, 1.807) is 24.3 Å². The van der Waals surface area contributed by atoms with Crippen LogP contribution in [0.2, 0.25) is 5.02 Å². The number of carbonyl (C=O) groups is 2. The Morgan fingerprint density at radius 3 is 2.44 bits per heavy atom. The third-order valence-corrected chi connectivity index (χ3v) is 6.24. The summed E-state index contributed by atoms with van der Waals surface area (Å²) in [4.78, 5) is 26.2. The van der Waals surface area contributed by atoms with E-state index in [4.69, 9.17) is 11.6 Å². The van der Waals surface area contributed by atoms with Gasteiger partial charge < -0.3 is 10.6 Å². The number of halogens is 1. The minimum atomic E-state index is -0.326. The molecule has 32 heavy (non-hydrogen) atoms. The van der Waals surface area contributed by atoms with Crippen LogP contribution in [0.25, 0.3) is 10.8 Å². The first kappa shape index (κ1) is 21.9. The van der Waals surface area contributed by atoms with Gasteiger partial charge in [-0.2, -0.15) is 0 Å². The number of thioether (sulfide) groups is 1. The van der Waals surface area contributed by atoms with Crippen molar-refractivity contribution < 1.29 is 9.59 Å². The van der Waals surface area contributed by atoms with Crippen LogP contribution in [0.5, 0.6) is 0 Å². The highest BCUT2D eigenvalue weighted by atomic mass is 35.5. The van der Waals surface area contributed by atoms with Crippen molar-refractivity contribution in [1.82, 2.24) is 0 Å². The maximum Gasteiger partial charge on any atom is 0.255 e. The Bertz CT molecular complexity index is 1290. The molecule has 0 spiro atoms. The van der Waals surface area contributed by atoms with Crippen LogP contribution in [-0.2, 0) is 4.79 Å². The highest BCUT2D eigenvalue weighted by Gasteiger charge is 2.16. The van der Waals surface area contributed by atoms with Crippen molar-refractivity contribution in [2.24, 2.45) is 0 Å². The van der Waals surface area contributed by atoms with Crippen LogP contribution in [0.1, 0.15) is 17.3 Å². The van der Waals surface area contributed by atoms with Crippen molar-refractivity contribution >= 4 is 57.3 Å². The van der Waals surface area contributed by atoms with E-state index in [-0.39, 0.29) is 17.1 Å². The molecule has 4 aromatic carbocycles. The quantitative estimate of drug-likeness (QED) is 0.309. The molecule has 4 rings (SSSR count). The van der Waals surface area contributed by atoms with E-state index < -0.39 is 0 Å². The molecule has 4 aromatic rings. The fourth-order valence-corrected chi connectivity index (χ4v) is 4.42. The molecule has 2 N–H and O–H groups in total. The van der Waals surface area contributed by atoms with Gasteiger partial charge in [0.25, 0.3) is 5.91 Å². The summed E-state index contributed by atoms with van der Waals surface area (Å²) in [7, 11) is 0. The third kappa shape index (κ3) is 5.31. The van der Waals surface area contributed by atoms with Crippen LogP contribution < -0.4 is 10.6 Å². The first-order valence-corrected chi connectivity index (χ1v) is 11.4. The van der Waals surface area contributed by atoms with Gasteiger partial charge in [-0.25, -0.2) is 0 Å². The molecule has 0 aliphatic carbocycles. The maximum atomic E-state index is 12.8. The van der Waals surface area contributed by atoms with E-state index in [9.17, 15) is 9.59 Å². The second kappa shape index (κ2) is 9.90. The Morgan fingerprint density at radius 1 is 0.844 bits per heavy atom. The van der Waals surface area contributed by atoms with E-state index in [1.165, 1.54) is 11.8 Å². The highest BCUT2D eigenvalue weighted by Crippen LogP contribution is 2.28. The monoisotopic (exact) mass is 460 g/mol. The molecular formula is C26H21ClN2O2S. The standard InChI is InChI=1S/C26H21ClN2O2S/c1-17(25(30)29-24-14-5-8-18-7-2-3-13-23(18)24)32-22-12-6-11-21(16-22)28-26(31)19-9-4-10-20(27)15-19/h2-17H,1H3,(H,28,31)(H,29,30). The molecule has 0 aliphatic heterocycles. The SMILES string of the molecule is CC(Sc1cccc(NC(=O)c2cccc(Cl)c2)c1)C(=O)Nc1cccc2ccccc12.